The van der Waals surface area contributed by atoms with Gasteiger partial charge in [-0.05, 0) is 40.6 Å². The van der Waals surface area contributed by atoms with E-state index in [0.717, 1.165) is 23.4 Å². The van der Waals surface area contributed by atoms with Crippen LogP contribution in [0, 0.1) is 0 Å². The lowest BCUT2D eigenvalue weighted by Crippen LogP contribution is -2.35. The molecule has 1 aliphatic heterocycles. The number of thiophene rings is 1. The molecule has 0 radical (unpaired) electrons. The average Bonchev–Trinajstić information content (AvgIpc) is 3.00. The topological polar surface area (TPSA) is 69.1 Å². The summed E-state index contributed by atoms with van der Waals surface area (Å²) in [4.78, 5) is 17.7. The van der Waals surface area contributed by atoms with Crippen LogP contribution in [-0.4, -0.2) is 17.4 Å². The van der Waals surface area contributed by atoms with Gasteiger partial charge in [-0.3, -0.25) is 4.79 Å². The van der Waals surface area contributed by atoms with Crippen molar-refractivity contribution in [2.45, 2.75) is 13.0 Å². The molecule has 0 atom stereocenters. The zero-order valence-electron chi connectivity index (χ0n) is 10.7. The van der Waals surface area contributed by atoms with Crippen LogP contribution in [0.25, 0.3) is 10.4 Å². The number of carbonyl (C=O) groups excluding carboxylic acids is 1. The molecule has 1 amide bonds. The molecule has 1 aromatic heterocycles. The van der Waals surface area contributed by atoms with E-state index in [1.54, 1.807) is 0 Å². The number of rotatable bonds is 2. The van der Waals surface area contributed by atoms with E-state index in [-0.39, 0.29) is 5.91 Å². The van der Waals surface area contributed by atoms with Gasteiger partial charge in [0.1, 0.15) is 0 Å². The summed E-state index contributed by atoms with van der Waals surface area (Å²) in [5, 5.41) is 5.52. The van der Waals surface area contributed by atoms with E-state index >= 15 is 0 Å². The minimum absolute atomic E-state index is 0.0693. The first-order valence-electron chi connectivity index (χ1n) is 6.27. The number of azide groups is 1. The first-order valence-corrected chi connectivity index (χ1v) is 7.15. The highest BCUT2D eigenvalue weighted by molar-refractivity contribution is 7.12. The summed E-state index contributed by atoms with van der Waals surface area (Å²) in [5.74, 6) is 0.0693. The summed E-state index contributed by atoms with van der Waals surface area (Å²) >= 11 is 1.46. The molecule has 2 aromatic rings. The molecule has 5 nitrogen and oxygen atoms in total. The third-order valence-electron chi connectivity index (χ3n) is 3.38. The first kappa shape index (κ1) is 12.7. The molecule has 100 valence electrons. The molecule has 0 N–H and O–H groups in total. The van der Waals surface area contributed by atoms with Crippen LogP contribution in [0.5, 0.6) is 0 Å². The number of hydrogen-bond acceptors (Lipinski definition) is 3. The monoisotopic (exact) mass is 284 g/mol. The van der Waals surface area contributed by atoms with Gasteiger partial charge in [-0.25, -0.2) is 0 Å². The fraction of sp³-hybridized carbons (Fsp3) is 0.214. The van der Waals surface area contributed by atoms with Gasteiger partial charge >= 0.3 is 0 Å². The first-order chi connectivity index (χ1) is 9.78. The zero-order chi connectivity index (χ0) is 13.9. The maximum Gasteiger partial charge on any atom is 0.264 e. The maximum absolute atomic E-state index is 12.3. The number of amides is 1. The SMILES string of the molecule is [N-]=[N+]=Nc1ccc2c(c1)CN(C(=O)c1cccs1)CC2. The fourth-order valence-electron chi connectivity index (χ4n) is 2.39. The molecule has 6 heteroatoms. The molecule has 1 aliphatic rings. The smallest absolute Gasteiger partial charge is 0.264 e. The molecular weight excluding hydrogens is 272 g/mol. The van der Waals surface area contributed by atoms with Gasteiger partial charge in [-0.15, -0.1) is 11.3 Å². The molecular formula is C14H12N4OS. The van der Waals surface area contributed by atoms with Gasteiger partial charge in [-0.1, -0.05) is 23.3 Å². The van der Waals surface area contributed by atoms with Crippen LogP contribution in [0.3, 0.4) is 0 Å². The molecule has 1 aromatic carbocycles. The molecule has 0 bridgehead atoms. The Bertz CT molecular complexity index is 689. The van der Waals surface area contributed by atoms with Crippen molar-refractivity contribution in [1.29, 1.82) is 0 Å². The number of carbonyl (C=O) groups is 1. The second-order valence-corrected chi connectivity index (χ2v) is 5.54. The van der Waals surface area contributed by atoms with Gasteiger partial charge in [0.15, 0.2) is 0 Å². The van der Waals surface area contributed by atoms with Gasteiger partial charge in [-0.2, -0.15) is 0 Å². The van der Waals surface area contributed by atoms with E-state index in [4.69, 9.17) is 5.53 Å². The minimum atomic E-state index is 0.0693. The summed E-state index contributed by atoms with van der Waals surface area (Å²) in [6.07, 6.45) is 0.836. The molecule has 2 heterocycles. The number of fused-ring (bicyclic) bond motifs is 1. The molecule has 20 heavy (non-hydrogen) atoms. The lowest BCUT2D eigenvalue weighted by atomic mass is 9.99. The number of nitrogens with zero attached hydrogens (tertiary/aromatic N) is 4. The highest BCUT2D eigenvalue weighted by atomic mass is 32.1. The third kappa shape index (κ3) is 2.39. The van der Waals surface area contributed by atoms with Crippen LogP contribution >= 0.6 is 11.3 Å². The minimum Gasteiger partial charge on any atom is -0.333 e. The largest absolute Gasteiger partial charge is 0.333 e. The van der Waals surface area contributed by atoms with Crippen LogP contribution in [0.1, 0.15) is 20.8 Å². The Morgan fingerprint density at radius 1 is 1.35 bits per heavy atom. The Morgan fingerprint density at radius 2 is 2.25 bits per heavy atom. The molecule has 0 spiro atoms. The molecule has 0 saturated heterocycles. The van der Waals surface area contributed by atoms with Crippen molar-refractivity contribution in [3.05, 3.63) is 62.2 Å². The summed E-state index contributed by atoms with van der Waals surface area (Å²) < 4.78 is 0. The van der Waals surface area contributed by atoms with Crippen molar-refractivity contribution in [3.63, 3.8) is 0 Å². The molecule has 3 rings (SSSR count). The van der Waals surface area contributed by atoms with E-state index in [2.05, 4.69) is 10.0 Å². The molecule has 0 unspecified atom stereocenters. The lowest BCUT2D eigenvalue weighted by Gasteiger charge is -2.28. The average molecular weight is 284 g/mol. The van der Waals surface area contributed by atoms with E-state index in [1.807, 2.05) is 40.6 Å². The molecule has 0 fully saturated rings. The zero-order valence-corrected chi connectivity index (χ0v) is 11.5. The highest BCUT2D eigenvalue weighted by Crippen LogP contribution is 2.25. The Balaban J connectivity index is 1.85. The lowest BCUT2D eigenvalue weighted by molar-refractivity contribution is 0.0739. The van der Waals surface area contributed by atoms with Crippen LogP contribution in [-0.2, 0) is 13.0 Å². The van der Waals surface area contributed by atoms with Gasteiger partial charge in [0, 0.05) is 23.7 Å². The van der Waals surface area contributed by atoms with Gasteiger partial charge in [0.05, 0.1) is 4.88 Å². The summed E-state index contributed by atoms with van der Waals surface area (Å²) in [7, 11) is 0. The van der Waals surface area contributed by atoms with E-state index in [0.29, 0.717) is 12.2 Å². The van der Waals surface area contributed by atoms with Crippen LogP contribution in [0.15, 0.2) is 40.8 Å². The molecule has 0 aliphatic carbocycles. The van der Waals surface area contributed by atoms with E-state index < -0.39 is 0 Å². The van der Waals surface area contributed by atoms with Crippen molar-refractivity contribution < 1.29 is 4.79 Å². The van der Waals surface area contributed by atoms with Crippen molar-refractivity contribution >= 4 is 22.9 Å². The Morgan fingerprint density at radius 3 is 3.00 bits per heavy atom. The maximum atomic E-state index is 12.3. The van der Waals surface area contributed by atoms with Gasteiger partial charge < -0.3 is 4.90 Å². The fourth-order valence-corrected chi connectivity index (χ4v) is 3.08. The third-order valence-corrected chi connectivity index (χ3v) is 4.24. The normalized spacial score (nSPS) is 13.5. The second kappa shape index (κ2) is 5.36. The van der Waals surface area contributed by atoms with E-state index in [9.17, 15) is 4.79 Å². The standard InChI is InChI=1S/C14H12N4OS/c15-17-16-12-4-3-10-5-6-18(9-11(10)8-12)14(19)13-2-1-7-20-13/h1-4,7-8H,5-6,9H2. The predicted molar refractivity (Wildman–Crippen MR) is 78.0 cm³/mol. The van der Waals surface area contributed by atoms with Crippen molar-refractivity contribution in [2.24, 2.45) is 5.11 Å². The van der Waals surface area contributed by atoms with Gasteiger partial charge in [0.2, 0.25) is 0 Å². The van der Waals surface area contributed by atoms with Gasteiger partial charge in [0.25, 0.3) is 5.91 Å². The van der Waals surface area contributed by atoms with Crippen molar-refractivity contribution in [2.75, 3.05) is 6.54 Å². The number of benzene rings is 1. The predicted octanol–water partition coefficient (Wildman–Crippen LogP) is 3.89. The number of hydrogen-bond donors (Lipinski definition) is 0. The highest BCUT2D eigenvalue weighted by Gasteiger charge is 2.22. The quantitative estimate of drug-likeness (QED) is 0.468. The van der Waals surface area contributed by atoms with Crippen LogP contribution < -0.4 is 0 Å². The Hall–Kier alpha value is -2.30. The van der Waals surface area contributed by atoms with E-state index in [1.165, 1.54) is 16.9 Å². The van der Waals surface area contributed by atoms with Crippen LogP contribution in [0.2, 0.25) is 0 Å². The summed E-state index contributed by atoms with van der Waals surface area (Å²) in [5.41, 5.74) is 11.4. The summed E-state index contributed by atoms with van der Waals surface area (Å²) in [6, 6.07) is 9.39. The second-order valence-electron chi connectivity index (χ2n) is 4.60. The van der Waals surface area contributed by atoms with Crippen LogP contribution in [0.4, 0.5) is 5.69 Å². The van der Waals surface area contributed by atoms with Crippen molar-refractivity contribution in [3.8, 4) is 0 Å². The molecule has 0 saturated carbocycles. The Kier molecular flexibility index (Phi) is 3.41. The Labute approximate surface area is 120 Å². The summed E-state index contributed by atoms with van der Waals surface area (Å²) in [6.45, 7) is 1.30. The van der Waals surface area contributed by atoms with Crippen molar-refractivity contribution in [1.82, 2.24) is 4.90 Å².